The van der Waals surface area contributed by atoms with Crippen molar-refractivity contribution in [1.82, 2.24) is 0 Å². The predicted octanol–water partition coefficient (Wildman–Crippen LogP) is 3.58. The van der Waals surface area contributed by atoms with E-state index in [0.717, 1.165) is 16.6 Å². The van der Waals surface area contributed by atoms with Gasteiger partial charge in [0, 0.05) is 4.47 Å². The summed E-state index contributed by atoms with van der Waals surface area (Å²) in [5.41, 5.74) is 1.07. The van der Waals surface area contributed by atoms with Crippen molar-refractivity contribution < 1.29 is 9.47 Å². The zero-order chi connectivity index (χ0) is 10.8. The van der Waals surface area contributed by atoms with Crippen LogP contribution >= 0.6 is 27.5 Å². The van der Waals surface area contributed by atoms with Crippen LogP contribution < -0.4 is 0 Å². The van der Waals surface area contributed by atoms with Gasteiger partial charge in [-0.15, -0.1) is 0 Å². The summed E-state index contributed by atoms with van der Waals surface area (Å²) in [6, 6.07) is 5.79. The molecule has 1 aromatic rings. The number of epoxide rings is 1. The third-order valence-corrected chi connectivity index (χ3v) is 3.78. The number of ether oxygens (including phenoxy) is 2. The Balaban J connectivity index is 2.02. The molecule has 0 bridgehead atoms. The molecule has 0 aliphatic carbocycles. The van der Waals surface area contributed by atoms with Gasteiger partial charge in [-0.25, -0.2) is 0 Å². The molecule has 0 amide bonds. The molecule has 1 aliphatic rings. The topological polar surface area (TPSA) is 21.8 Å². The normalized spacial score (nSPS) is 21.4. The summed E-state index contributed by atoms with van der Waals surface area (Å²) in [7, 11) is 0. The van der Waals surface area contributed by atoms with Gasteiger partial charge in [0.1, 0.15) is 6.10 Å². The lowest BCUT2D eigenvalue weighted by atomic mass is 10.1. The molecule has 1 aliphatic heterocycles. The van der Waals surface area contributed by atoms with Crippen LogP contribution in [0.3, 0.4) is 0 Å². The Morgan fingerprint density at radius 1 is 1.67 bits per heavy atom. The molecule has 0 saturated carbocycles. The average Bonchev–Trinajstić information content (AvgIpc) is 3.02. The zero-order valence-corrected chi connectivity index (χ0v) is 10.7. The fourth-order valence-corrected chi connectivity index (χ4v) is 2.11. The number of benzene rings is 1. The molecule has 2 atom stereocenters. The van der Waals surface area contributed by atoms with Crippen LogP contribution in [0.1, 0.15) is 18.6 Å². The van der Waals surface area contributed by atoms with Crippen LogP contribution in [0.25, 0.3) is 0 Å². The molecule has 2 nitrogen and oxygen atoms in total. The zero-order valence-electron chi connectivity index (χ0n) is 8.37. The Morgan fingerprint density at radius 2 is 2.40 bits per heavy atom. The third kappa shape index (κ3) is 2.94. The second-order valence-electron chi connectivity index (χ2n) is 3.57. The lowest BCUT2D eigenvalue weighted by molar-refractivity contribution is 0.0535. The van der Waals surface area contributed by atoms with E-state index in [1.807, 2.05) is 25.1 Å². The maximum atomic E-state index is 6.01. The van der Waals surface area contributed by atoms with E-state index in [1.54, 1.807) is 0 Å². The molecule has 0 aromatic heterocycles. The fraction of sp³-hybridized carbons (Fsp3) is 0.455. The number of rotatable bonds is 4. The second kappa shape index (κ2) is 4.83. The van der Waals surface area contributed by atoms with Gasteiger partial charge >= 0.3 is 0 Å². The molecule has 1 heterocycles. The van der Waals surface area contributed by atoms with E-state index in [2.05, 4.69) is 15.9 Å². The van der Waals surface area contributed by atoms with Crippen LogP contribution in [0.5, 0.6) is 0 Å². The van der Waals surface area contributed by atoms with Crippen LogP contribution in [-0.4, -0.2) is 19.3 Å². The Bertz CT molecular complexity index is 352. The quantitative estimate of drug-likeness (QED) is 0.791. The minimum atomic E-state index is 0.0299. The highest BCUT2D eigenvalue weighted by Crippen LogP contribution is 2.32. The van der Waals surface area contributed by atoms with Gasteiger partial charge < -0.3 is 9.47 Å². The van der Waals surface area contributed by atoms with Crippen LogP contribution in [0.2, 0.25) is 5.02 Å². The van der Waals surface area contributed by atoms with Crippen molar-refractivity contribution in [2.75, 3.05) is 13.2 Å². The van der Waals surface area contributed by atoms with Gasteiger partial charge in [-0.3, -0.25) is 0 Å². The first-order valence-electron chi connectivity index (χ1n) is 4.85. The third-order valence-electron chi connectivity index (χ3n) is 2.35. The highest BCUT2D eigenvalue weighted by Gasteiger charge is 2.24. The van der Waals surface area contributed by atoms with E-state index in [0.29, 0.717) is 17.7 Å². The SMILES string of the molecule is C[C@@H](OCC1CO1)c1cccc(Cl)c1Br. The van der Waals surface area contributed by atoms with Crippen LogP contribution in [0.4, 0.5) is 0 Å². The summed E-state index contributed by atoms with van der Waals surface area (Å²) in [6.07, 6.45) is 0.327. The van der Waals surface area contributed by atoms with Crippen molar-refractivity contribution in [2.24, 2.45) is 0 Å². The maximum absolute atomic E-state index is 6.01. The van der Waals surface area contributed by atoms with Crippen molar-refractivity contribution in [2.45, 2.75) is 19.1 Å². The first kappa shape index (κ1) is 11.4. The maximum Gasteiger partial charge on any atom is 0.104 e. The number of halogens is 2. The fourth-order valence-electron chi connectivity index (χ4n) is 1.34. The molecule has 0 spiro atoms. The summed E-state index contributed by atoms with van der Waals surface area (Å²) in [4.78, 5) is 0. The highest BCUT2D eigenvalue weighted by atomic mass is 79.9. The molecular formula is C11H12BrClO2. The van der Waals surface area contributed by atoms with Crippen molar-refractivity contribution >= 4 is 27.5 Å². The van der Waals surface area contributed by atoms with E-state index < -0.39 is 0 Å². The van der Waals surface area contributed by atoms with Crippen molar-refractivity contribution in [3.05, 3.63) is 33.3 Å². The van der Waals surface area contributed by atoms with E-state index in [-0.39, 0.29) is 6.10 Å². The largest absolute Gasteiger partial charge is 0.371 e. The minimum Gasteiger partial charge on any atom is -0.371 e. The molecule has 82 valence electrons. The lowest BCUT2D eigenvalue weighted by Crippen LogP contribution is -2.06. The Morgan fingerprint density at radius 3 is 3.07 bits per heavy atom. The Labute approximate surface area is 103 Å². The van der Waals surface area contributed by atoms with Gasteiger partial charge in [0.05, 0.1) is 24.3 Å². The molecule has 1 saturated heterocycles. The Kier molecular flexibility index (Phi) is 3.67. The molecule has 15 heavy (non-hydrogen) atoms. The lowest BCUT2D eigenvalue weighted by Gasteiger charge is -2.14. The first-order chi connectivity index (χ1) is 7.18. The predicted molar refractivity (Wildman–Crippen MR) is 63.3 cm³/mol. The van der Waals surface area contributed by atoms with Gasteiger partial charge in [-0.05, 0) is 34.5 Å². The molecule has 1 fully saturated rings. The standard InChI is InChI=1S/C11H12BrClO2/c1-7(14-5-8-6-15-8)9-3-2-4-10(13)11(9)12/h2-4,7-8H,5-6H2,1H3/t7-,8?/m1/s1. The highest BCUT2D eigenvalue weighted by molar-refractivity contribution is 9.10. The average molecular weight is 292 g/mol. The van der Waals surface area contributed by atoms with Crippen molar-refractivity contribution in [1.29, 1.82) is 0 Å². The summed E-state index contributed by atoms with van der Waals surface area (Å²) in [5.74, 6) is 0. The summed E-state index contributed by atoms with van der Waals surface area (Å²) >= 11 is 9.47. The van der Waals surface area contributed by atoms with Crippen molar-refractivity contribution in [3.63, 3.8) is 0 Å². The molecule has 2 rings (SSSR count). The van der Waals surface area contributed by atoms with E-state index >= 15 is 0 Å². The van der Waals surface area contributed by atoms with Gasteiger partial charge in [-0.1, -0.05) is 23.7 Å². The van der Waals surface area contributed by atoms with E-state index in [4.69, 9.17) is 21.1 Å². The van der Waals surface area contributed by atoms with Crippen LogP contribution in [0.15, 0.2) is 22.7 Å². The van der Waals surface area contributed by atoms with Crippen LogP contribution in [0, 0.1) is 0 Å². The minimum absolute atomic E-state index is 0.0299. The smallest absolute Gasteiger partial charge is 0.104 e. The number of hydrogen-bond acceptors (Lipinski definition) is 2. The summed E-state index contributed by atoms with van der Waals surface area (Å²) in [5, 5.41) is 0.714. The molecule has 0 radical (unpaired) electrons. The first-order valence-corrected chi connectivity index (χ1v) is 6.02. The monoisotopic (exact) mass is 290 g/mol. The van der Waals surface area contributed by atoms with E-state index in [1.165, 1.54) is 0 Å². The summed E-state index contributed by atoms with van der Waals surface area (Å²) in [6.45, 7) is 3.49. The van der Waals surface area contributed by atoms with Gasteiger partial charge in [0.25, 0.3) is 0 Å². The molecule has 4 heteroatoms. The molecule has 0 N–H and O–H groups in total. The Hall–Kier alpha value is -0.0900. The summed E-state index contributed by atoms with van der Waals surface area (Å²) < 4.78 is 11.7. The number of hydrogen-bond donors (Lipinski definition) is 0. The van der Waals surface area contributed by atoms with Gasteiger partial charge in [0.2, 0.25) is 0 Å². The molecule has 1 aromatic carbocycles. The van der Waals surface area contributed by atoms with Gasteiger partial charge in [0.15, 0.2) is 0 Å². The van der Waals surface area contributed by atoms with Crippen molar-refractivity contribution in [3.8, 4) is 0 Å². The molecule has 1 unspecified atom stereocenters. The van der Waals surface area contributed by atoms with Crippen LogP contribution in [-0.2, 0) is 9.47 Å². The van der Waals surface area contributed by atoms with E-state index in [9.17, 15) is 0 Å². The van der Waals surface area contributed by atoms with Gasteiger partial charge in [-0.2, -0.15) is 0 Å². The second-order valence-corrected chi connectivity index (χ2v) is 4.77. The molecular weight excluding hydrogens is 279 g/mol.